The summed E-state index contributed by atoms with van der Waals surface area (Å²) in [6, 6.07) is 7.22. The third kappa shape index (κ3) is 1.75. The lowest BCUT2D eigenvalue weighted by Crippen LogP contribution is -2.00. The van der Waals surface area contributed by atoms with Gasteiger partial charge in [0.1, 0.15) is 6.10 Å². The molecule has 1 unspecified atom stereocenters. The van der Waals surface area contributed by atoms with Crippen LogP contribution in [0.2, 0.25) is 5.02 Å². The van der Waals surface area contributed by atoms with Gasteiger partial charge in [-0.15, -0.1) is 0 Å². The molecule has 0 saturated carbocycles. The Morgan fingerprint density at radius 3 is 2.83 bits per heavy atom. The fourth-order valence-electron chi connectivity index (χ4n) is 1.93. The van der Waals surface area contributed by atoms with Gasteiger partial charge in [0.15, 0.2) is 0 Å². The van der Waals surface area contributed by atoms with Gasteiger partial charge in [0, 0.05) is 28.5 Å². The molecule has 1 N–H and O–H groups in total. The number of halogens is 1. The van der Waals surface area contributed by atoms with Crippen LogP contribution in [0.1, 0.15) is 17.2 Å². The fraction of sp³-hybridized carbons (Fsp3) is 0.0769. The number of aromatic nitrogens is 3. The van der Waals surface area contributed by atoms with E-state index >= 15 is 0 Å². The lowest BCUT2D eigenvalue weighted by molar-refractivity contribution is 0.222. The molecule has 0 spiro atoms. The molecular weight excluding hydrogens is 250 g/mol. The summed E-state index contributed by atoms with van der Waals surface area (Å²) in [6.07, 6.45) is 5.87. The average Bonchev–Trinajstić information content (AvgIpc) is 2.82. The van der Waals surface area contributed by atoms with Crippen LogP contribution >= 0.6 is 11.6 Å². The van der Waals surface area contributed by atoms with Crippen molar-refractivity contribution in [1.82, 2.24) is 14.6 Å². The van der Waals surface area contributed by atoms with Gasteiger partial charge in [-0.05, 0) is 6.07 Å². The van der Waals surface area contributed by atoms with E-state index in [2.05, 4.69) is 10.1 Å². The van der Waals surface area contributed by atoms with Gasteiger partial charge in [-0.3, -0.25) is 4.98 Å². The van der Waals surface area contributed by atoms with E-state index < -0.39 is 6.10 Å². The molecule has 0 radical (unpaired) electrons. The molecule has 0 bridgehead atoms. The molecule has 1 aromatic carbocycles. The molecule has 0 aliphatic heterocycles. The van der Waals surface area contributed by atoms with Crippen molar-refractivity contribution in [3.63, 3.8) is 0 Å². The molecule has 5 heteroatoms. The minimum absolute atomic E-state index is 0.535. The fourth-order valence-corrected chi connectivity index (χ4v) is 2.17. The molecule has 2 heterocycles. The van der Waals surface area contributed by atoms with Gasteiger partial charge in [0.25, 0.3) is 0 Å². The van der Waals surface area contributed by atoms with Gasteiger partial charge in [-0.25, -0.2) is 4.52 Å². The van der Waals surface area contributed by atoms with Crippen molar-refractivity contribution in [2.75, 3.05) is 0 Å². The molecule has 3 aromatic rings. The van der Waals surface area contributed by atoms with Gasteiger partial charge in [-0.2, -0.15) is 5.10 Å². The normalized spacial score (nSPS) is 12.8. The van der Waals surface area contributed by atoms with Crippen molar-refractivity contribution >= 4 is 17.1 Å². The lowest BCUT2D eigenvalue weighted by Gasteiger charge is -2.11. The Morgan fingerprint density at radius 2 is 2.00 bits per heavy atom. The second kappa shape index (κ2) is 4.40. The molecule has 0 aliphatic rings. The minimum atomic E-state index is -0.805. The second-order valence-electron chi connectivity index (χ2n) is 3.93. The van der Waals surface area contributed by atoms with Gasteiger partial charge in [0.2, 0.25) is 0 Å². The summed E-state index contributed by atoms with van der Waals surface area (Å²) in [5, 5.41) is 15.1. The third-order valence-corrected chi connectivity index (χ3v) is 3.19. The van der Waals surface area contributed by atoms with E-state index in [0.717, 1.165) is 5.52 Å². The Kier molecular flexibility index (Phi) is 2.74. The van der Waals surface area contributed by atoms with Crippen molar-refractivity contribution in [3.05, 3.63) is 65.2 Å². The van der Waals surface area contributed by atoms with Gasteiger partial charge in [0.05, 0.1) is 17.9 Å². The van der Waals surface area contributed by atoms with Crippen molar-refractivity contribution in [2.45, 2.75) is 6.10 Å². The van der Waals surface area contributed by atoms with Crippen LogP contribution < -0.4 is 0 Å². The first-order valence-electron chi connectivity index (χ1n) is 5.47. The summed E-state index contributed by atoms with van der Waals surface area (Å²) in [5.74, 6) is 0. The number of benzene rings is 1. The predicted molar refractivity (Wildman–Crippen MR) is 68.5 cm³/mol. The van der Waals surface area contributed by atoms with Crippen LogP contribution in [0.5, 0.6) is 0 Å². The molecule has 90 valence electrons. The molecule has 1 atom stereocenters. The largest absolute Gasteiger partial charge is 0.383 e. The summed E-state index contributed by atoms with van der Waals surface area (Å²) >= 11 is 6.08. The first-order chi connectivity index (χ1) is 8.77. The van der Waals surface area contributed by atoms with Crippen LogP contribution in [0.15, 0.2) is 49.1 Å². The number of nitrogens with zero attached hydrogens (tertiary/aromatic N) is 3. The summed E-state index contributed by atoms with van der Waals surface area (Å²) in [5.41, 5.74) is 2.12. The third-order valence-electron chi connectivity index (χ3n) is 2.85. The standard InChI is InChI=1S/C13H10ClN3O/c14-11-4-2-1-3-9(11)13(18)10-7-16-17-6-5-15-8-12(10)17/h1-8,13,18H. The molecule has 0 saturated heterocycles. The number of rotatable bonds is 2. The number of fused-ring (bicyclic) bond motifs is 1. The van der Waals surface area contributed by atoms with Crippen LogP contribution in [0.3, 0.4) is 0 Å². The zero-order chi connectivity index (χ0) is 12.5. The average molecular weight is 260 g/mol. The molecule has 0 aliphatic carbocycles. The van der Waals surface area contributed by atoms with E-state index in [1.165, 1.54) is 0 Å². The Balaban J connectivity index is 2.13. The maximum absolute atomic E-state index is 10.4. The Morgan fingerprint density at radius 1 is 1.17 bits per heavy atom. The van der Waals surface area contributed by atoms with Crippen LogP contribution in [0, 0.1) is 0 Å². The Labute approximate surface area is 108 Å². The quantitative estimate of drug-likeness (QED) is 0.769. The van der Waals surface area contributed by atoms with Crippen molar-refractivity contribution in [2.24, 2.45) is 0 Å². The molecule has 2 aromatic heterocycles. The number of aliphatic hydroxyl groups is 1. The molecule has 18 heavy (non-hydrogen) atoms. The minimum Gasteiger partial charge on any atom is -0.383 e. The molecule has 4 nitrogen and oxygen atoms in total. The predicted octanol–water partition coefficient (Wildman–Crippen LogP) is 2.46. The molecular formula is C13H10ClN3O. The summed E-state index contributed by atoms with van der Waals surface area (Å²) in [7, 11) is 0. The van der Waals surface area contributed by atoms with Gasteiger partial charge in [-0.1, -0.05) is 29.8 Å². The highest BCUT2D eigenvalue weighted by Crippen LogP contribution is 2.29. The maximum atomic E-state index is 10.4. The lowest BCUT2D eigenvalue weighted by atomic mass is 10.0. The van der Waals surface area contributed by atoms with Gasteiger partial charge < -0.3 is 5.11 Å². The van der Waals surface area contributed by atoms with Crippen molar-refractivity contribution < 1.29 is 5.11 Å². The van der Waals surface area contributed by atoms with E-state index in [-0.39, 0.29) is 0 Å². The first-order valence-corrected chi connectivity index (χ1v) is 5.85. The maximum Gasteiger partial charge on any atom is 0.109 e. The monoisotopic (exact) mass is 259 g/mol. The Hall–Kier alpha value is -1.91. The van der Waals surface area contributed by atoms with Crippen LogP contribution in [-0.4, -0.2) is 19.7 Å². The molecule has 0 fully saturated rings. The van der Waals surface area contributed by atoms with E-state index in [1.54, 1.807) is 41.4 Å². The van der Waals surface area contributed by atoms with Crippen LogP contribution in [-0.2, 0) is 0 Å². The van der Waals surface area contributed by atoms with E-state index in [0.29, 0.717) is 16.1 Å². The van der Waals surface area contributed by atoms with Crippen LogP contribution in [0.25, 0.3) is 5.52 Å². The number of hydrogen-bond donors (Lipinski definition) is 1. The molecule has 3 rings (SSSR count). The van der Waals surface area contributed by atoms with Crippen LogP contribution in [0.4, 0.5) is 0 Å². The summed E-state index contributed by atoms with van der Waals surface area (Å²) in [4.78, 5) is 4.04. The van der Waals surface area contributed by atoms with Crippen molar-refractivity contribution in [3.8, 4) is 0 Å². The smallest absolute Gasteiger partial charge is 0.109 e. The van der Waals surface area contributed by atoms with E-state index in [1.807, 2.05) is 12.1 Å². The highest BCUT2D eigenvalue weighted by Gasteiger charge is 2.17. The zero-order valence-electron chi connectivity index (χ0n) is 9.36. The first kappa shape index (κ1) is 11.2. The number of hydrogen-bond acceptors (Lipinski definition) is 3. The highest BCUT2D eigenvalue weighted by atomic mass is 35.5. The molecule has 0 amide bonds. The van der Waals surface area contributed by atoms with E-state index in [9.17, 15) is 5.11 Å². The SMILES string of the molecule is OC(c1ccccc1Cl)c1cnn2ccncc12. The zero-order valence-corrected chi connectivity index (χ0v) is 10.1. The second-order valence-corrected chi connectivity index (χ2v) is 4.34. The van der Waals surface area contributed by atoms with Gasteiger partial charge >= 0.3 is 0 Å². The summed E-state index contributed by atoms with van der Waals surface area (Å²) < 4.78 is 1.67. The Bertz CT molecular complexity index is 695. The highest BCUT2D eigenvalue weighted by molar-refractivity contribution is 6.31. The number of aliphatic hydroxyl groups excluding tert-OH is 1. The van der Waals surface area contributed by atoms with E-state index in [4.69, 9.17) is 11.6 Å². The summed E-state index contributed by atoms with van der Waals surface area (Å²) in [6.45, 7) is 0. The van der Waals surface area contributed by atoms with Crippen molar-refractivity contribution in [1.29, 1.82) is 0 Å². The topological polar surface area (TPSA) is 50.4 Å².